The lowest BCUT2D eigenvalue weighted by atomic mass is 9.82. The van der Waals surface area contributed by atoms with E-state index < -0.39 is 12.1 Å². The number of halogens is 4. The van der Waals surface area contributed by atoms with Gasteiger partial charge in [-0.25, -0.2) is 0 Å². The predicted molar refractivity (Wildman–Crippen MR) is 85.5 cm³/mol. The van der Waals surface area contributed by atoms with Gasteiger partial charge in [0.05, 0.1) is 12.5 Å². The molecule has 0 saturated heterocycles. The fraction of sp³-hybridized carbons (Fsp3) is 0.647. The first-order valence-corrected chi connectivity index (χ1v) is 8.68. The molecule has 0 spiro atoms. The van der Waals surface area contributed by atoms with E-state index in [-0.39, 0.29) is 18.8 Å². The molecule has 0 bridgehead atoms. The zero-order valence-corrected chi connectivity index (χ0v) is 14.1. The lowest BCUT2D eigenvalue weighted by Crippen LogP contribution is -2.29. The number of allylic oxidation sites excluding steroid dienone is 5. The van der Waals surface area contributed by atoms with Gasteiger partial charge in [0, 0.05) is 4.48 Å². The predicted octanol–water partition coefficient (Wildman–Crippen LogP) is 6.27. The Kier molecular flexibility index (Phi) is 6.60. The van der Waals surface area contributed by atoms with E-state index >= 15 is 0 Å². The molecule has 0 heterocycles. The molecule has 1 saturated carbocycles. The molecule has 5 heteroatoms. The SMILES string of the molecule is FC(F)(F)C1CCC(COC2=C/CCC\C=C/C(Br)=C\2)CC1. The van der Waals surface area contributed by atoms with Crippen LogP contribution in [0.25, 0.3) is 0 Å². The van der Waals surface area contributed by atoms with Crippen molar-refractivity contribution >= 4 is 15.9 Å². The number of hydrogen-bond donors (Lipinski definition) is 0. The Morgan fingerprint density at radius 1 is 1.14 bits per heavy atom. The summed E-state index contributed by atoms with van der Waals surface area (Å²) in [7, 11) is 0. The highest BCUT2D eigenvalue weighted by Gasteiger charge is 2.41. The largest absolute Gasteiger partial charge is 0.494 e. The highest BCUT2D eigenvalue weighted by Crippen LogP contribution is 2.39. The van der Waals surface area contributed by atoms with Crippen molar-refractivity contribution in [2.24, 2.45) is 11.8 Å². The van der Waals surface area contributed by atoms with E-state index in [2.05, 4.69) is 28.1 Å². The van der Waals surface area contributed by atoms with Crippen molar-refractivity contribution in [2.75, 3.05) is 6.61 Å². The van der Waals surface area contributed by atoms with Crippen LogP contribution in [-0.4, -0.2) is 12.8 Å². The van der Waals surface area contributed by atoms with Crippen LogP contribution in [0.5, 0.6) is 0 Å². The third kappa shape index (κ3) is 5.82. The molecule has 0 aromatic heterocycles. The molecule has 0 atom stereocenters. The Balaban J connectivity index is 1.82. The summed E-state index contributed by atoms with van der Waals surface area (Å²) in [6.45, 7) is 0.511. The molecule has 124 valence electrons. The van der Waals surface area contributed by atoms with Crippen LogP contribution in [-0.2, 0) is 4.74 Å². The molecule has 22 heavy (non-hydrogen) atoms. The van der Waals surface area contributed by atoms with E-state index in [1.54, 1.807) is 0 Å². The minimum absolute atomic E-state index is 0.231. The number of hydrogen-bond acceptors (Lipinski definition) is 1. The summed E-state index contributed by atoms with van der Waals surface area (Å²) in [5.74, 6) is -0.0711. The van der Waals surface area contributed by atoms with Crippen LogP contribution < -0.4 is 0 Å². The summed E-state index contributed by atoms with van der Waals surface area (Å²) in [4.78, 5) is 0. The second-order valence-electron chi connectivity index (χ2n) is 6.04. The van der Waals surface area contributed by atoms with Crippen LogP contribution in [0, 0.1) is 11.8 Å². The molecule has 0 aromatic carbocycles. The molecule has 2 rings (SSSR count). The van der Waals surface area contributed by atoms with Gasteiger partial charge in [-0.2, -0.15) is 13.2 Å². The quantitative estimate of drug-likeness (QED) is 0.561. The molecule has 2 aliphatic rings. The highest BCUT2D eigenvalue weighted by molar-refractivity contribution is 9.11. The molecule has 1 fully saturated rings. The third-order valence-corrected chi connectivity index (χ3v) is 4.77. The minimum atomic E-state index is -4.04. The zero-order chi connectivity index (χ0) is 16.0. The van der Waals surface area contributed by atoms with E-state index in [1.807, 2.05) is 12.2 Å². The molecular weight excluding hydrogens is 357 g/mol. The lowest BCUT2D eigenvalue weighted by Gasteiger charge is -2.29. The van der Waals surface area contributed by atoms with Crippen molar-refractivity contribution in [3.05, 3.63) is 34.5 Å². The van der Waals surface area contributed by atoms with E-state index in [1.165, 1.54) is 0 Å². The Morgan fingerprint density at radius 2 is 1.86 bits per heavy atom. The van der Waals surface area contributed by atoms with Crippen molar-refractivity contribution in [1.29, 1.82) is 0 Å². The molecule has 2 aliphatic carbocycles. The van der Waals surface area contributed by atoms with E-state index in [9.17, 15) is 13.2 Å². The zero-order valence-electron chi connectivity index (χ0n) is 12.5. The molecule has 0 radical (unpaired) electrons. The number of ether oxygens (including phenoxy) is 1. The summed E-state index contributed by atoms with van der Waals surface area (Å²) >= 11 is 3.47. The van der Waals surface area contributed by atoms with Crippen LogP contribution >= 0.6 is 15.9 Å². The van der Waals surface area contributed by atoms with Crippen LogP contribution in [0.3, 0.4) is 0 Å². The topological polar surface area (TPSA) is 9.23 Å². The van der Waals surface area contributed by atoms with E-state index in [0.717, 1.165) is 29.5 Å². The first kappa shape index (κ1) is 17.6. The van der Waals surface area contributed by atoms with Crippen LogP contribution in [0.1, 0.15) is 44.9 Å². The Bertz CT molecular complexity index is 443. The van der Waals surface area contributed by atoms with Crippen molar-refractivity contribution in [3.8, 4) is 0 Å². The Labute approximate surface area is 138 Å². The average molecular weight is 379 g/mol. The number of rotatable bonds is 3. The van der Waals surface area contributed by atoms with Crippen molar-refractivity contribution in [2.45, 2.75) is 51.1 Å². The molecule has 0 aromatic rings. The molecular formula is C17H22BrF3O. The van der Waals surface area contributed by atoms with Gasteiger partial charge in [0.25, 0.3) is 0 Å². The van der Waals surface area contributed by atoms with Gasteiger partial charge >= 0.3 is 6.18 Å². The standard InChI is InChI=1S/C17H22BrF3O/c18-15-5-3-1-2-4-6-16(11-15)22-12-13-7-9-14(10-8-13)17(19,20)21/h3,5-6,11,13-14H,1-2,4,7-10,12H2/b5-3-,15-11+,16-6+. The van der Waals surface area contributed by atoms with Crippen LogP contribution in [0.15, 0.2) is 34.5 Å². The second-order valence-corrected chi connectivity index (χ2v) is 6.95. The fourth-order valence-corrected chi connectivity index (χ4v) is 3.30. The van der Waals surface area contributed by atoms with Gasteiger partial charge in [-0.05, 0) is 63.0 Å². The van der Waals surface area contributed by atoms with E-state index in [0.29, 0.717) is 19.4 Å². The first-order chi connectivity index (χ1) is 10.4. The van der Waals surface area contributed by atoms with Gasteiger partial charge in [-0.1, -0.05) is 28.1 Å². The fourth-order valence-electron chi connectivity index (χ4n) is 2.89. The summed E-state index contributed by atoms with van der Waals surface area (Å²) in [5, 5.41) is 0. The molecule has 0 aliphatic heterocycles. The molecule has 1 nitrogen and oxygen atoms in total. The maximum Gasteiger partial charge on any atom is 0.391 e. The summed E-state index contributed by atoms with van der Waals surface area (Å²) in [5.41, 5.74) is 0. The number of alkyl halides is 3. The molecule has 0 unspecified atom stereocenters. The summed E-state index contributed by atoms with van der Waals surface area (Å²) < 4.78 is 44.8. The minimum Gasteiger partial charge on any atom is -0.494 e. The maximum absolute atomic E-state index is 12.7. The monoisotopic (exact) mass is 378 g/mol. The van der Waals surface area contributed by atoms with Crippen molar-refractivity contribution in [1.82, 2.24) is 0 Å². The second kappa shape index (κ2) is 8.23. The van der Waals surface area contributed by atoms with Crippen molar-refractivity contribution < 1.29 is 17.9 Å². The van der Waals surface area contributed by atoms with Gasteiger partial charge in [-0.15, -0.1) is 0 Å². The van der Waals surface area contributed by atoms with Crippen molar-refractivity contribution in [3.63, 3.8) is 0 Å². The normalized spacial score (nSPS) is 33.5. The summed E-state index contributed by atoms with van der Waals surface area (Å²) in [6, 6.07) is 0. The van der Waals surface area contributed by atoms with Gasteiger partial charge in [0.15, 0.2) is 0 Å². The lowest BCUT2D eigenvalue weighted by molar-refractivity contribution is -0.184. The van der Waals surface area contributed by atoms with Gasteiger partial charge in [0.1, 0.15) is 5.76 Å². The van der Waals surface area contributed by atoms with Gasteiger partial charge < -0.3 is 4.74 Å². The first-order valence-electron chi connectivity index (χ1n) is 7.88. The molecule has 0 N–H and O–H groups in total. The Hall–Kier alpha value is -0.710. The smallest absolute Gasteiger partial charge is 0.391 e. The average Bonchev–Trinajstić information content (AvgIpc) is 2.56. The third-order valence-electron chi connectivity index (χ3n) is 4.27. The Morgan fingerprint density at radius 3 is 2.55 bits per heavy atom. The van der Waals surface area contributed by atoms with Crippen LogP contribution in [0.2, 0.25) is 0 Å². The van der Waals surface area contributed by atoms with E-state index in [4.69, 9.17) is 4.74 Å². The van der Waals surface area contributed by atoms with Crippen LogP contribution in [0.4, 0.5) is 13.2 Å². The van der Waals surface area contributed by atoms with Gasteiger partial charge in [0.2, 0.25) is 0 Å². The maximum atomic E-state index is 12.7. The highest BCUT2D eigenvalue weighted by atomic mass is 79.9. The van der Waals surface area contributed by atoms with Gasteiger partial charge in [-0.3, -0.25) is 0 Å². The molecule has 0 amide bonds. The summed E-state index contributed by atoms with van der Waals surface area (Å²) in [6.07, 6.45) is 8.83.